The summed E-state index contributed by atoms with van der Waals surface area (Å²) in [5.74, 6) is 3.29. The number of amides is 2. The van der Waals surface area contributed by atoms with E-state index in [0.29, 0.717) is 47.8 Å². The Morgan fingerprint density at radius 2 is 1.79 bits per heavy atom. The molecule has 9 nitrogen and oxygen atoms in total. The second-order valence-corrected chi connectivity index (χ2v) is 12.1. The van der Waals surface area contributed by atoms with Gasteiger partial charge in [0.2, 0.25) is 0 Å². The van der Waals surface area contributed by atoms with Gasteiger partial charge in [0.25, 0.3) is 0 Å². The number of urea groups is 1. The van der Waals surface area contributed by atoms with Gasteiger partial charge in [-0.05, 0) is 86.5 Å². The molecule has 2 amide bonds. The minimum absolute atomic E-state index is 0.171. The minimum Gasteiger partial charge on any atom is -0.493 e. The molecule has 2 N–H and O–H groups in total. The molecule has 42 heavy (non-hydrogen) atoms. The molecule has 0 aliphatic carbocycles. The van der Waals surface area contributed by atoms with Crippen molar-refractivity contribution in [2.24, 2.45) is 11.3 Å². The van der Waals surface area contributed by atoms with E-state index in [1.54, 1.807) is 20.4 Å². The first-order valence-corrected chi connectivity index (χ1v) is 14.9. The van der Waals surface area contributed by atoms with E-state index >= 15 is 0 Å². The molecule has 4 rings (SSSR count). The molecular weight excluding hydrogens is 532 g/mol. The molecule has 228 valence electrons. The Bertz CT molecular complexity index is 1280. The number of nitrogens with one attached hydrogen (secondary N) is 2. The molecule has 1 aliphatic heterocycles. The average molecular weight is 579 g/mol. The summed E-state index contributed by atoms with van der Waals surface area (Å²) in [5.41, 5.74) is 1.62. The number of hydrogen-bond donors (Lipinski definition) is 2. The van der Waals surface area contributed by atoms with Gasteiger partial charge in [-0.1, -0.05) is 20.8 Å². The maximum Gasteiger partial charge on any atom is 0.319 e. The number of ether oxygens (including phenoxy) is 4. The van der Waals surface area contributed by atoms with Crippen LogP contribution in [0.2, 0.25) is 0 Å². The van der Waals surface area contributed by atoms with Crippen molar-refractivity contribution in [1.29, 1.82) is 0 Å². The number of aromatic nitrogens is 1. The maximum atomic E-state index is 12.2. The normalized spacial score (nSPS) is 14.5. The third-order valence-electron chi connectivity index (χ3n) is 7.47. The van der Waals surface area contributed by atoms with Crippen molar-refractivity contribution in [3.8, 4) is 23.0 Å². The summed E-state index contributed by atoms with van der Waals surface area (Å²) in [6.07, 6.45) is 5.95. The zero-order valence-electron chi connectivity index (χ0n) is 25.7. The summed E-state index contributed by atoms with van der Waals surface area (Å²) < 4.78 is 23.3. The summed E-state index contributed by atoms with van der Waals surface area (Å²) >= 11 is 0. The van der Waals surface area contributed by atoms with Crippen molar-refractivity contribution < 1.29 is 23.7 Å². The van der Waals surface area contributed by atoms with Crippen molar-refractivity contribution in [3.05, 3.63) is 48.7 Å². The number of anilines is 1. The van der Waals surface area contributed by atoms with Crippen LogP contribution in [0.4, 0.5) is 10.5 Å². The first-order valence-electron chi connectivity index (χ1n) is 14.9. The van der Waals surface area contributed by atoms with Gasteiger partial charge >= 0.3 is 6.03 Å². The highest BCUT2D eigenvalue weighted by Crippen LogP contribution is 2.37. The SMILES string of the molecule is COCC1CCN(CCCOc2cc3nccc(Oc4ccc(NC(=O)NCCC(C)(C)C)cc4)c3cc2OC)CC1. The topological polar surface area (TPSA) is 94.2 Å². The number of likely N-dealkylation sites (tertiary alicyclic amines) is 1. The van der Waals surface area contributed by atoms with E-state index in [9.17, 15) is 4.79 Å². The third kappa shape index (κ3) is 9.49. The van der Waals surface area contributed by atoms with E-state index in [1.165, 1.54) is 12.8 Å². The van der Waals surface area contributed by atoms with E-state index in [2.05, 4.69) is 41.3 Å². The second kappa shape index (κ2) is 15.1. The molecule has 9 heteroatoms. The van der Waals surface area contributed by atoms with Crippen LogP contribution in [-0.2, 0) is 4.74 Å². The Morgan fingerprint density at radius 1 is 1.02 bits per heavy atom. The lowest BCUT2D eigenvalue weighted by Gasteiger charge is -2.31. The van der Waals surface area contributed by atoms with Crippen LogP contribution in [0.25, 0.3) is 10.9 Å². The zero-order chi connectivity index (χ0) is 30.0. The van der Waals surface area contributed by atoms with Gasteiger partial charge in [0.1, 0.15) is 11.5 Å². The Kier molecular flexibility index (Phi) is 11.3. The van der Waals surface area contributed by atoms with Crippen LogP contribution in [0.1, 0.15) is 46.5 Å². The molecule has 0 saturated carbocycles. The number of hydrogen-bond acceptors (Lipinski definition) is 7. The molecule has 0 atom stereocenters. The molecule has 2 heterocycles. The van der Waals surface area contributed by atoms with E-state index in [-0.39, 0.29) is 11.4 Å². The molecule has 0 bridgehead atoms. The minimum atomic E-state index is -0.222. The third-order valence-corrected chi connectivity index (χ3v) is 7.47. The van der Waals surface area contributed by atoms with Crippen LogP contribution in [0.3, 0.4) is 0 Å². The van der Waals surface area contributed by atoms with Crippen molar-refractivity contribution in [3.63, 3.8) is 0 Å². The Morgan fingerprint density at radius 3 is 2.48 bits per heavy atom. The fraction of sp³-hybridized carbons (Fsp3) is 0.515. The second-order valence-electron chi connectivity index (χ2n) is 12.1. The van der Waals surface area contributed by atoms with Gasteiger partial charge < -0.3 is 34.5 Å². The fourth-order valence-electron chi connectivity index (χ4n) is 5.03. The quantitative estimate of drug-likeness (QED) is 0.217. The van der Waals surface area contributed by atoms with Gasteiger partial charge in [0.05, 0.1) is 19.2 Å². The van der Waals surface area contributed by atoms with Crippen molar-refractivity contribution >= 4 is 22.6 Å². The van der Waals surface area contributed by atoms with Crippen LogP contribution in [0.15, 0.2) is 48.7 Å². The smallest absolute Gasteiger partial charge is 0.319 e. The van der Waals surface area contributed by atoms with Crippen molar-refractivity contribution in [1.82, 2.24) is 15.2 Å². The van der Waals surface area contributed by atoms with Gasteiger partial charge in [-0.25, -0.2) is 4.79 Å². The standard InChI is InChI=1S/C33H46N4O5/c1-33(2,3)14-16-35-32(38)36-25-7-9-26(10-8-25)42-29-11-15-34-28-22-31(30(40-5)21-27(28)29)41-20-6-17-37-18-12-24(13-19-37)23-39-4/h7-11,15,21-22,24H,6,12-14,16-20,23H2,1-5H3,(H2,35,36,38). The van der Waals surface area contributed by atoms with Gasteiger partial charge in [-0.3, -0.25) is 4.98 Å². The number of carbonyl (C=O) groups excluding carboxylic acids is 1. The predicted octanol–water partition coefficient (Wildman–Crippen LogP) is 6.72. The Balaban J connectivity index is 1.32. The van der Waals surface area contributed by atoms with Crippen LogP contribution in [0, 0.1) is 11.3 Å². The number of rotatable bonds is 13. The summed E-state index contributed by atoms with van der Waals surface area (Å²) in [6, 6.07) is 12.7. The van der Waals surface area contributed by atoms with E-state index in [1.807, 2.05) is 42.5 Å². The van der Waals surface area contributed by atoms with Crippen LogP contribution >= 0.6 is 0 Å². The van der Waals surface area contributed by atoms with Crippen molar-refractivity contribution in [2.75, 3.05) is 58.9 Å². The summed E-state index contributed by atoms with van der Waals surface area (Å²) in [5, 5.41) is 6.58. The molecule has 2 aromatic carbocycles. The molecule has 0 unspecified atom stereocenters. The average Bonchev–Trinajstić information content (AvgIpc) is 2.96. The van der Waals surface area contributed by atoms with Crippen LogP contribution in [-0.4, -0.2) is 69.5 Å². The number of methoxy groups -OCH3 is 2. The van der Waals surface area contributed by atoms with Gasteiger partial charge in [-0.2, -0.15) is 0 Å². The highest BCUT2D eigenvalue weighted by molar-refractivity contribution is 5.89. The highest BCUT2D eigenvalue weighted by atomic mass is 16.5. The van der Waals surface area contributed by atoms with Crippen molar-refractivity contribution in [2.45, 2.75) is 46.5 Å². The number of benzene rings is 2. The Hall–Kier alpha value is -3.56. The van der Waals surface area contributed by atoms with Crippen LogP contribution < -0.4 is 24.8 Å². The van der Waals surface area contributed by atoms with E-state index in [4.69, 9.17) is 18.9 Å². The largest absolute Gasteiger partial charge is 0.493 e. The molecule has 1 aliphatic rings. The Labute approximate surface area is 249 Å². The molecule has 1 fully saturated rings. The lowest BCUT2D eigenvalue weighted by atomic mass is 9.92. The molecule has 0 spiro atoms. The first kappa shape index (κ1) is 31.4. The van der Waals surface area contributed by atoms with Crippen LogP contribution in [0.5, 0.6) is 23.0 Å². The monoisotopic (exact) mass is 578 g/mol. The zero-order valence-corrected chi connectivity index (χ0v) is 25.7. The summed E-state index contributed by atoms with van der Waals surface area (Å²) in [6.45, 7) is 11.8. The highest BCUT2D eigenvalue weighted by Gasteiger charge is 2.19. The number of pyridine rings is 1. The molecule has 1 aromatic heterocycles. The predicted molar refractivity (Wildman–Crippen MR) is 167 cm³/mol. The lowest BCUT2D eigenvalue weighted by Crippen LogP contribution is -2.36. The maximum absolute atomic E-state index is 12.2. The number of piperidine rings is 1. The number of fused-ring (bicyclic) bond motifs is 1. The molecule has 0 radical (unpaired) electrons. The molecular formula is C33H46N4O5. The fourth-order valence-corrected chi connectivity index (χ4v) is 5.03. The van der Waals surface area contributed by atoms with Gasteiger partial charge in [-0.15, -0.1) is 0 Å². The van der Waals surface area contributed by atoms with Gasteiger partial charge in [0, 0.05) is 50.1 Å². The van der Waals surface area contributed by atoms with Gasteiger partial charge in [0.15, 0.2) is 11.5 Å². The van der Waals surface area contributed by atoms with E-state index in [0.717, 1.165) is 50.0 Å². The molecule has 3 aromatic rings. The first-order chi connectivity index (χ1) is 20.2. The molecule has 1 saturated heterocycles. The lowest BCUT2D eigenvalue weighted by molar-refractivity contribution is 0.0970. The number of nitrogens with zero attached hydrogens (tertiary/aromatic N) is 2. The summed E-state index contributed by atoms with van der Waals surface area (Å²) in [7, 11) is 3.42. The van der Waals surface area contributed by atoms with E-state index < -0.39 is 0 Å². The number of carbonyl (C=O) groups is 1. The summed E-state index contributed by atoms with van der Waals surface area (Å²) in [4.78, 5) is 19.3.